The van der Waals surface area contributed by atoms with Gasteiger partial charge in [-0.05, 0) is 55.3 Å². The van der Waals surface area contributed by atoms with Gasteiger partial charge in [0.25, 0.3) is 0 Å². The van der Waals surface area contributed by atoms with Crippen LogP contribution in [0.3, 0.4) is 0 Å². The number of carboxylic acid groups (broad SMARTS) is 1. The predicted molar refractivity (Wildman–Crippen MR) is 131 cm³/mol. The molecule has 2 aromatic carbocycles. The van der Waals surface area contributed by atoms with E-state index in [2.05, 4.69) is 10.3 Å². The van der Waals surface area contributed by atoms with Crippen LogP contribution in [-0.2, 0) is 17.9 Å². The van der Waals surface area contributed by atoms with E-state index in [4.69, 9.17) is 16.3 Å². The summed E-state index contributed by atoms with van der Waals surface area (Å²) in [5, 5.41) is 12.5. The summed E-state index contributed by atoms with van der Waals surface area (Å²) in [4.78, 5) is 41.2. The normalized spacial score (nSPS) is 13.2. The molecule has 0 radical (unpaired) electrons. The van der Waals surface area contributed by atoms with Gasteiger partial charge >= 0.3 is 23.5 Å². The molecule has 9 nitrogen and oxygen atoms in total. The van der Waals surface area contributed by atoms with Crippen molar-refractivity contribution in [1.29, 1.82) is 0 Å². The van der Waals surface area contributed by atoms with Crippen molar-refractivity contribution in [3.63, 3.8) is 0 Å². The van der Waals surface area contributed by atoms with Crippen molar-refractivity contribution in [2.24, 2.45) is 5.92 Å². The van der Waals surface area contributed by atoms with Crippen molar-refractivity contribution in [3.8, 4) is 5.75 Å². The lowest BCUT2D eigenvalue weighted by Crippen LogP contribution is -2.44. The first-order valence-corrected chi connectivity index (χ1v) is 11.4. The molecule has 0 spiro atoms. The Morgan fingerprint density at radius 2 is 1.78 bits per heavy atom. The largest absolute Gasteiger partial charge is 0.481 e. The molecule has 3 aromatic rings. The Bertz CT molecular complexity index is 1400. The van der Waals surface area contributed by atoms with E-state index in [0.29, 0.717) is 21.8 Å². The second-order valence-electron chi connectivity index (χ2n) is 8.47. The van der Waals surface area contributed by atoms with Crippen molar-refractivity contribution in [2.45, 2.75) is 46.1 Å². The fourth-order valence-electron chi connectivity index (χ4n) is 3.29. The number of carboxylic acids is 1. The monoisotopic (exact) mass is 540 g/mol. The van der Waals surface area contributed by atoms with Gasteiger partial charge in [0.05, 0.1) is 12.5 Å². The molecule has 0 bridgehead atoms. The van der Waals surface area contributed by atoms with Gasteiger partial charge in [-0.3, -0.25) is 9.36 Å². The predicted octanol–water partition coefficient (Wildman–Crippen LogP) is 4.21. The number of carbonyl (C=O) groups is 1. The Kier molecular flexibility index (Phi) is 8.32. The van der Waals surface area contributed by atoms with E-state index in [0.717, 1.165) is 16.1 Å². The van der Waals surface area contributed by atoms with Crippen molar-refractivity contribution < 1.29 is 27.8 Å². The first kappa shape index (κ1) is 27.8. The molecule has 3 rings (SSSR count). The Balaban J connectivity index is 2.01. The topological polar surface area (TPSA) is 115 Å². The molecule has 0 unspecified atom stereocenters. The van der Waals surface area contributed by atoms with Crippen LogP contribution in [0.1, 0.15) is 25.0 Å². The third-order valence-electron chi connectivity index (χ3n) is 5.48. The Labute approximate surface area is 214 Å². The summed E-state index contributed by atoms with van der Waals surface area (Å²) in [6.07, 6.45) is -6.55. The molecule has 0 aliphatic rings. The number of aromatic nitrogens is 3. The third-order valence-corrected chi connectivity index (χ3v) is 5.73. The fourth-order valence-corrected chi connectivity index (χ4v) is 3.42. The lowest BCUT2D eigenvalue weighted by molar-refractivity contribution is -0.189. The zero-order chi connectivity index (χ0) is 27.5. The molecule has 37 heavy (non-hydrogen) atoms. The van der Waals surface area contributed by atoms with Crippen LogP contribution in [0.5, 0.6) is 5.75 Å². The molecule has 13 heteroatoms. The molecule has 2 atom stereocenters. The van der Waals surface area contributed by atoms with Crippen LogP contribution in [0, 0.1) is 12.8 Å². The molecule has 0 amide bonds. The van der Waals surface area contributed by atoms with Gasteiger partial charge in [-0.1, -0.05) is 30.7 Å². The number of halogens is 4. The Hall–Kier alpha value is -3.80. The van der Waals surface area contributed by atoms with Crippen LogP contribution in [-0.4, -0.2) is 37.5 Å². The number of anilines is 2. The number of benzene rings is 2. The lowest BCUT2D eigenvalue weighted by atomic mass is 10.2. The molecule has 0 fully saturated rings. The van der Waals surface area contributed by atoms with Crippen molar-refractivity contribution in [1.82, 2.24) is 14.1 Å². The highest BCUT2D eigenvalue weighted by Gasteiger charge is 2.38. The summed E-state index contributed by atoms with van der Waals surface area (Å²) < 4.78 is 45.5. The molecule has 0 aliphatic carbocycles. The maximum Gasteiger partial charge on any atom is 0.425 e. The molecule has 0 saturated carbocycles. The summed E-state index contributed by atoms with van der Waals surface area (Å²) in [5.41, 5.74) is -0.396. The maximum atomic E-state index is 13.3. The van der Waals surface area contributed by atoms with E-state index in [1.807, 2.05) is 0 Å². The van der Waals surface area contributed by atoms with Crippen LogP contribution in [0.15, 0.2) is 52.1 Å². The van der Waals surface area contributed by atoms with E-state index in [9.17, 15) is 32.7 Å². The molecular formula is C24H24ClF3N4O5. The second-order valence-corrected chi connectivity index (χ2v) is 8.91. The highest BCUT2D eigenvalue weighted by Crippen LogP contribution is 2.29. The number of aryl methyl sites for hydroxylation is 1. The average molecular weight is 541 g/mol. The van der Waals surface area contributed by atoms with Gasteiger partial charge in [0, 0.05) is 17.3 Å². The summed E-state index contributed by atoms with van der Waals surface area (Å²) in [7, 11) is 0. The summed E-state index contributed by atoms with van der Waals surface area (Å²) in [6, 6.07) is 10.8. The first-order chi connectivity index (χ1) is 17.3. The number of nitrogens with zero attached hydrogens (tertiary/aromatic N) is 3. The van der Waals surface area contributed by atoms with Crippen LogP contribution >= 0.6 is 11.6 Å². The molecular weight excluding hydrogens is 517 g/mol. The number of hydrogen-bond acceptors (Lipinski definition) is 6. The number of nitrogens with one attached hydrogen (secondary N) is 1. The van der Waals surface area contributed by atoms with E-state index in [1.54, 1.807) is 31.2 Å². The average Bonchev–Trinajstić information content (AvgIpc) is 2.81. The van der Waals surface area contributed by atoms with Crippen molar-refractivity contribution in [2.75, 3.05) is 5.32 Å². The molecule has 0 aliphatic heterocycles. The van der Waals surface area contributed by atoms with Crippen molar-refractivity contribution in [3.05, 3.63) is 79.6 Å². The summed E-state index contributed by atoms with van der Waals surface area (Å²) in [5.74, 6) is -2.33. The van der Waals surface area contributed by atoms with Crippen LogP contribution in [0.25, 0.3) is 0 Å². The summed E-state index contributed by atoms with van der Waals surface area (Å²) in [6.45, 7) is 3.38. The van der Waals surface area contributed by atoms with E-state index < -0.39 is 35.5 Å². The van der Waals surface area contributed by atoms with E-state index in [1.165, 1.54) is 25.1 Å². The highest BCUT2D eigenvalue weighted by molar-refractivity contribution is 6.30. The van der Waals surface area contributed by atoms with Crippen molar-refractivity contribution >= 4 is 29.2 Å². The van der Waals surface area contributed by atoms with Gasteiger partial charge in [0.2, 0.25) is 5.95 Å². The highest BCUT2D eigenvalue weighted by atomic mass is 35.5. The number of rotatable bonds is 9. The number of hydrogen-bond donors (Lipinski definition) is 2. The van der Waals surface area contributed by atoms with Gasteiger partial charge in [-0.25, -0.2) is 14.2 Å². The second kappa shape index (κ2) is 11.1. The Morgan fingerprint density at radius 3 is 2.35 bits per heavy atom. The Morgan fingerprint density at radius 1 is 1.14 bits per heavy atom. The van der Waals surface area contributed by atoms with Gasteiger partial charge in [0.15, 0.2) is 6.10 Å². The minimum absolute atomic E-state index is 0.0139. The molecule has 1 heterocycles. The van der Waals surface area contributed by atoms with Crippen LogP contribution in [0.4, 0.5) is 24.8 Å². The molecule has 198 valence electrons. The minimum Gasteiger partial charge on any atom is -0.481 e. The standard InChI is InChI=1S/C24H24ClF3N4O5/c1-13-10-18(8-9-19(13)37-15(3)24(26,27)28)29-21-30-22(35)32(11-14(2)20(33)34)23(36)31(21)12-16-4-6-17(25)7-5-16/h4-10,14-15H,11-12H2,1-3H3,(H,33,34)(H,29,30,35)/t14-,15+/m0/s1. The SMILES string of the molecule is Cc1cc(Nc2nc(=O)n(C[C@H](C)C(=O)O)c(=O)n2Cc2ccc(Cl)cc2)ccc1O[C@H](C)C(F)(F)F. The number of alkyl halides is 3. The first-order valence-electron chi connectivity index (χ1n) is 11.1. The van der Waals surface area contributed by atoms with Gasteiger partial charge in [-0.2, -0.15) is 18.2 Å². The van der Waals surface area contributed by atoms with Crippen LogP contribution in [0.2, 0.25) is 5.02 Å². The fraction of sp³-hybridized carbons (Fsp3) is 0.333. The molecule has 2 N–H and O–H groups in total. The third kappa shape index (κ3) is 6.91. The van der Waals surface area contributed by atoms with E-state index in [-0.39, 0.29) is 24.8 Å². The summed E-state index contributed by atoms with van der Waals surface area (Å²) >= 11 is 5.93. The lowest BCUT2D eigenvalue weighted by Gasteiger charge is -2.20. The van der Waals surface area contributed by atoms with E-state index >= 15 is 0 Å². The van der Waals surface area contributed by atoms with Gasteiger partial charge < -0.3 is 15.2 Å². The van der Waals surface area contributed by atoms with Crippen LogP contribution < -0.4 is 21.4 Å². The zero-order valence-electron chi connectivity index (χ0n) is 20.0. The minimum atomic E-state index is -4.53. The zero-order valence-corrected chi connectivity index (χ0v) is 20.8. The maximum absolute atomic E-state index is 13.3. The van der Waals surface area contributed by atoms with Gasteiger partial charge in [-0.15, -0.1) is 0 Å². The quantitative estimate of drug-likeness (QED) is 0.418. The number of ether oxygens (including phenoxy) is 1. The van der Waals surface area contributed by atoms with Gasteiger partial charge in [0.1, 0.15) is 5.75 Å². The molecule has 1 aromatic heterocycles. The number of aliphatic carboxylic acids is 1. The smallest absolute Gasteiger partial charge is 0.425 e. The molecule has 0 saturated heterocycles.